The quantitative estimate of drug-likeness (QED) is 0.527. The van der Waals surface area contributed by atoms with E-state index in [1.807, 2.05) is 6.08 Å². The first kappa shape index (κ1) is 11.0. The van der Waals surface area contributed by atoms with E-state index in [9.17, 15) is 5.11 Å². The molecule has 0 radical (unpaired) electrons. The van der Waals surface area contributed by atoms with Crippen LogP contribution in [0.2, 0.25) is 0 Å². The molecule has 0 aliphatic carbocycles. The molecule has 0 saturated carbocycles. The fraction of sp³-hybridized carbons (Fsp3) is 0.800. The van der Waals surface area contributed by atoms with Crippen molar-refractivity contribution in [2.75, 3.05) is 13.2 Å². The maximum Gasteiger partial charge on any atom is 0.0537 e. The average molecular weight is 200 g/mol. The zero-order valence-electron chi connectivity index (χ0n) is 8.46. The molecule has 1 N–H and O–H groups in total. The second-order valence-corrected chi connectivity index (χ2v) is 5.71. The van der Waals surface area contributed by atoms with Crippen molar-refractivity contribution >= 4 is 10.2 Å². The topological polar surface area (TPSA) is 29.5 Å². The lowest BCUT2D eigenvalue weighted by atomic mass is 9.92. The minimum Gasteiger partial charge on any atom is -0.396 e. The number of hydrogen-bond acceptors (Lipinski definition) is 2. The Bertz CT molecular complexity index is 164. The van der Waals surface area contributed by atoms with Gasteiger partial charge in [-0.1, -0.05) is 6.08 Å². The van der Waals surface area contributed by atoms with Gasteiger partial charge in [0.1, 0.15) is 0 Å². The van der Waals surface area contributed by atoms with Crippen LogP contribution in [-0.4, -0.2) is 33.8 Å². The molecule has 1 saturated heterocycles. The van der Waals surface area contributed by atoms with Gasteiger partial charge >= 0.3 is 0 Å². The predicted molar refractivity (Wildman–Crippen MR) is 57.9 cm³/mol. The molecule has 1 fully saturated rings. The Labute approximate surface area is 83.4 Å². The van der Waals surface area contributed by atoms with Crippen molar-refractivity contribution < 1.29 is 9.84 Å². The molecule has 13 heavy (non-hydrogen) atoms. The van der Waals surface area contributed by atoms with E-state index in [0.717, 1.165) is 29.7 Å². The van der Waals surface area contributed by atoms with E-state index >= 15 is 0 Å². The first-order valence-electron chi connectivity index (χ1n) is 5.08. The first-order valence-corrected chi connectivity index (χ1v) is 6.08. The number of allylic oxidation sites excluding steroid dienone is 1. The van der Waals surface area contributed by atoms with Gasteiger partial charge in [0.2, 0.25) is 0 Å². The summed E-state index contributed by atoms with van der Waals surface area (Å²) in [4.78, 5) is 0. The van der Waals surface area contributed by atoms with Crippen LogP contribution in [0, 0.1) is 5.92 Å². The molecule has 1 heterocycles. The van der Waals surface area contributed by atoms with Crippen LogP contribution < -0.4 is 0 Å². The molecule has 0 amide bonds. The van der Waals surface area contributed by atoms with E-state index in [2.05, 4.69) is 6.58 Å². The van der Waals surface area contributed by atoms with Gasteiger partial charge in [-0.2, -0.15) is 0 Å². The molecule has 0 spiro atoms. The normalized spacial score (nSPS) is 31.5. The molecule has 1 rings (SSSR count). The Morgan fingerprint density at radius 1 is 1.62 bits per heavy atom. The van der Waals surface area contributed by atoms with Gasteiger partial charge in [-0.15, -0.1) is 6.58 Å². The highest BCUT2D eigenvalue weighted by atomic mass is 28.1. The van der Waals surface area contributed by atoms with E-state index in [1.54, 1.807) is 0 Å². The van der Waals surface area contributed by atoms with Crippen LogP contribution in [0.5, 0.6) is 0 Å². The molecule has 76 valence electrons. The van der Waals surface area contributed by atoms with Crippen LogP contribution in [-0.2, 0) is 4.74 Å². The molecule has 2 unspecified atom stereocenters. The van der Waals surface area contributed by atoms with E-state index in [4.69, 9.17) is 4.74 Å². The maximum atomic E-state index is 9.27. The van der Waals surface area contributed by atoms with Crippen molar-refractivity contribution in [1.29, 1.82) is 0 Å². The summed E-state index contributed by atoms with van der Waals surface area (Å²) >= 11 is 0. The van der Waals surface area contributed by atoms with Gasteiger partial charge in [-0.3, -0.25) is 0 Å². The summed E-state index contributed by atoms with van der Waals surface area (Å²) < 4.78 is 5.82. The van der Waals surface area contributed by atoms with Gasteiger partial charge in [0.25, 0.3) is 0 Å². The van der Waals surface area contributed by atoms with Crippen molar-refractivity contribution in [2.24, 2.45) is 5.92 Å². The third-order valence-electron chi connectivity index (χ3n) is 3.03. The Morgan fingerprint density at radius 3 is 2.85 bits per heavy atom. The summed E-state index contributed by atoms with van der Waals surface area (Å²) in [6.07, 6.45) is 6.31. The molecule has 2 nitrogen and oxygen atoms in total. The molecular formula is C10H20O2Si. The van der Waals surface area contributed by atoms with Crippen molar-refractivity contribution in [3.8, 4) is 0 Å². The second kappa shape index (κ2) is 4.93. The summed E-state index contributed by atoms with van der Waals surface area (Å²) in [5.74, 6) is 0.275. The van der Waals surface area contributed by atoms with E-state index in [1.165, 1.54) is 12.8 Å². The predicted octanol–water partition coefficient (Wildman–Crippen LogP) is 0.433. The van der Waals surface area contributed by atoms with Crippen molar-refractivity contribution in [3.05, 3.63) is 12.7 Å². The summed E-state index contributed by atoms with van der Waals surface area (Å²) in [5.41, 5.74) is 0. The highest BCUT2D eigenvalue weighted by molar-refractivity contribution is 6.14. The van der Waals surface area contributed by atoms with Gasteiger partial charge in [0.15, 0.2) is 0 Å². The van der Waals surface area contributed by atoms with Gasteiger partial charge in [-0.05, 0) is 25.7 Å². The first-order chi connectivity index (χ1) is 6.23. The minimum atomic E-state index is 0.0151. The van der Waals surface area contributed by atoms with Gasteiger partial charge in [-0.25, -0.2) is 0 Å². The highest BCUT2D eigenvalue weighted by Crippen LogP contribution is 2.31. The number of hydrogen-bond donors (Lipinski definition) is 1. The summed E-state index contributed by atoms with van der Waals surface area (Å²) in [5, 5.41) is 9.28. The van der Waals surface area contributed by atoms with Crippen LogP contribution in [0.3, 0.4) is 0 Å². The third-order valence-corrected chi connectivity index (χ3v) is 4.64. The molecule has 3 heteroatoms. The molecule has 2 atom stereocenters. The molecule has 1 aliphatic rings. The van der Waals surface area contributed by atoms with Crippen LogP contribution >= 0.6 is 0 Å². The minimum absolute atomic E-state index is 0.0151. The van der Waals surface area contributed by atoms with Crippen molar-refractivity contribution in [3.63, 3.8) is 0 Å². The third kappa shape index (κ3) is 2.66. The van der Waals surface area contributed by atoms with E-state index in [0.29, 0.717) is 0 Å². The zero-order chi connectivity index (χ0) is 9.73. The number of aliphatic hydroxyl groups is 1. The van der Waals surface area contributed by atoms with Crippen molar-refractivity contribution in [1.82, 2.24) is 0 Å². The monoisotopic (exact) mass is 200 g/mol. The Morgan fingerprint density at radius 2 is 2.38 bits per heavy atom. The highest BCUT2D eigenvalue weighted by Gasteiger charge is 2.35. The van der Waals surface area contributed by atoms with Gasteiger partial charge in [0, 0.05) is 29.4 Å². The second-order valence-electron chi connectivity index (χ2n) is 4.02. The molecular weight excluding hydrogens is 180 g/mol. The van der Waals surface area contributed by atoms with Crippen LogP contribution in [0.25, 0.3) is 0 Å². The lowest BCUT2D eigenvalue weighted by molar-refractivity contribution is -0.0675. The Balaban J connectivity index is 2.57. The van der Waals surface area contributed by atoms with E-state index < -0.39 is 0 Å². The fourth-order valence-electron chi connectivity index (χ4n) is 2.00. The van der Waals surface area contributed by atoms with Crippen molar-refractivity contribution in [2.45, 2.75) is 30.9 Å². The Kier molecular flexibility index (Phi) is 4.16. The van der Waals surface area contributed by atoms with Gasteiger partial charge < -0.3 is 9.84 Å². The summed E-state index contributed by atoms with van der Waals surface area (Å²) in [6.45, 7) is 4.83. The lowest BCUT2D eigenvalue weighted by Crippen LogP contribution is -2.45. The summed E-state index contributed by atoms with van der Waals surface area (Å²) in [7, 11) is 1.01. The average Bonchev–Trinajstić information content (AvgIpc) is 2.15. The molecule has 0 aromatic carbocycles. The van der Waals surface area contributed by atoms with Crippen LogP contribution in [0.15, 0.2) is 12.7 Å². The SMILES string of the molecule is C=CCC(CO)C1([SiH3])CCCCO1. The number of ether oxygens (including phenoxy) is 1. The molecule has 0 aromatic rings. The molecule has 1 aliphatic heterocycles. The zero-order valence-corrected chi connectivity index (χ0v) is 10.5. The Hall–Kier alpha value is -0.123. The van der Waals surface area contributed by atoms with Crippen LogP contribution in [0.1, 0.15) is 25.7 Å². The van der Waals surface area contributed by atoms with E-state index in [-0.39, 0.29) is 17.7 Å². The van der Waals surface area contributed by atoms with Gasteiger partial charge in [0.05, 0.1) is 5.22 Å². The standard InChI is InChI=1S/C10H20O2Si/c1-2-5-9(8-11)10(13)6-3-4-7-12-10/h2,9,11H,1,3-8H2,13H3. The lowest BCUT2D eigenvalue weighted by Gasteiger charge is -2.39. The fourth-order valence-corrected chi connectivity index (χ4v) is 2.97. The number of rotatable bonds is 4. The molecule has 0 aromatic heterocycles. The smallest absolute Gasteiger partial charge is 0.0537 e. The maximum absolute atomic E-state index is 9.27. The molecule has 0 bridgehead atoms. The largest absolute Gasteiger partial charge is 0.396 e. The number of aliphatic hydroxyl groups excluding tert-OH is 1. The van der Waals surface area contributed by atoms with Crippen LogP contribution in [0.4, 0.5) is 0 Å². The summed E-state index contributed by atoms with van der Waals surface area (Å²) in [6, 6.07) is 0.